The second-order valence-electron chi connectivity index (χ2n) is 3.11. The summed E-state index contributed by atoms with van der Waals surface area (Å²) in [5, 5.41) is 9.40. The summed E-state index contributed by atoms with van der Waals surface area (Å²) in [7, 11) is 3.00. The molecule has 5 nitrogen and oxygen atoms in total. The number of nitrogens with two attached hydrogens (primary N) is 2. The van der Waals surface area contributed by atoms with Crippen LogP contribution in [-0.4, -0.2) is 25.9 Å². The van der Waals surface area contributed by atoms with E-state index >= 15 is 0 Å². The number of ether oxygens (including phenoxy) is 2. The van der Waals surface area contributed by atoms with Crippen LogP contribution in [0.5, 0.6) is 17.2 Å². The summed E-state index contributed by atoms with van der Waals surface area (Å²) in [5.74, 6) is 1.02. The molecule has 0 bridgehead atoms. The fraction of sp³-hybridized carbons (Fsp3) is 0.400. The summed E-state index contributed by atoms with van der Waals surface area (Å²) in [5.41, 5.74) is 12.0. The van der Waals surface area contributed by atoms with Gasteiger partial charge in [-0.2, -0.15) is 0 Å². The molecule has 0 saturated heterocycles. The third-order valence-electron chi connectivity index (χ3n) is 2.15. The molecule has 1 aromatic rings. The maximum Gasteiger partial charge on any atom is 0.131 e. The quantitative estimate of drug-likeness (QED) is 0.733. The highest BCUT2D eigenvalue weighted by atomic mass is 35.5. The third-order valence-corrected chi connectivity index (χ3v) is 2.15. The van der Waals surface area contributed by atoms with Crippen molar-refractivity contribution < 1.29 is 14.6 Å². The summed E-state index contributed by atoms with van der Waals surface area (Å²) in [6, 6.07) is 2.58. The monoisotopic (exact) mass is 248 g/mol. The van der Waals surface area contributed by atoms with Crippen molar-refractivity contribution in [2.24, 2.45) is 11.5 Å². The van der Waals surface area contributed by atoms with Gasteiger partial charge in [0, 0.05) is 24.7 Å². The average Bonchev–Trinajstić information content (AvgIpc) is 2.26. The molecule has 6 heteroatoms. The van der Waals surface area contributed by atoms with Gasteiger partial charge in [-0.3, -0.25) is 0 Å². The van der Waals surface area contributed by atoms with Gasteiger partial charge in [-0.15, -0.1) is 12.4 Å². The Hall–Kier alpha value is -1.17. The van der Waals surface area contributed by atoms with Crippen molar-refractivity contribution in [1.82, 2.24) is 0 Å². The minimum atomic E-state index is -0.379. The number of benzene rings is 1. The molecule has 0 aliphatic carbocycles. The second-order valence-corrected chi connectivity index (χ2v) is 3.11. The summed E-state index contributed by atoms with van der Waals surface area (Å²) < 4.78 is 10.2. The van der Waals surface area contributed by atoms with Gasteiger partial charge in [-0.1, -0.05) is 0 Å². The van der Waals surface area contributed by atoms with Crippen LogP contribution in [0.2, 0.25) is 0 Å². The van der Waals surface area contributed by atoms with Crippen molar-refractivity contribution >= 4 is 12.4 Å². The summed E-state index contributed by atoms with van der Waals surface area (Å²) in [4.78, 5) is 0. The highest BCUT2D eigenvalue weighted by Gasteiger charge is 2.17. The first-order valence-electron chi connectivity index (χ1n) is 4.54. The average molecular weight is 249 g/mol. The first-order chi connectivity index (χ1) is 7.13. The lowest BCUT2D eigenvalue weighted by Gasteiger charge is -2.17. The Morgan fingerprint density at radius 2 is 1.69 bits per heavy atom. The summed E-state index contributed by atoms with van der Waals surface area (Å²) >= 11 is 0. The van der Waals surface area contributed by atoms with Crippen LogP contribution in [-0.2, 0) is 0 Å². The van der Waals surface area contributed by atoms with Crippen LogP contribution in [0, 0.1) is 0 Å². The van der Waals surface area contributed by atoms with Gasteiger partial charge in [0.05, 0.1) is 19.8 Å². The molecule has 1 rings (SSSR count). The molecule has 0 radical (unpaired) electrons. The molecule has 0 aliphatic rings. The van der Waals surface area contributed by atoms with Crippen LogP contribution in [0.3, 0.4) is 0 Å². The first kappa shape index (κ1) is 14.8. The van der Waals surface area contributed by atoms with Crippen molar-refractivity contribution in [1.29, 1.82) is 0 Å². The molecule has 0 spiro atoms. The Morgan fingerprint density at radius 3 is 2.00 bits per heavy atom. The van der Waals surface area contributed by atoms with Crippen LogP contribution >= 0.6 is 12.4 Å². The highest BCUT2D eigenvalue weighted by Crippen LogP contribution is 2.36. The molecule has 0 unspecified atom stereocenters. The van der Waals surface area contributed by atoms with E-state index in [-0.39, 0.29) is 30.7 Å². The maximum absolute atomic E-state index is 9.40. The van der Waals surface area contributed by atoms with Crippen molar-refractivity contribution in [2.45, 2.75) is 6.04 Å². The van der Waals surface area contributed by atoms with E-state index < -0.39 is 0 Å². The Morgan fingerprint density at radius 1 is 1.25 bits per heavy atom. The predicted octanol–water partition coefficient (Wildman–Crippen LogP) is 0.790. The number of hydrogen-bond acceptors (Lipinski definition) is 5. The smallest absolute Gasteiger partial charge is 0.131 e. The number of rotatable bonds is 4. The zero-order valence-electron chi connectivity index (χ0n) is 9.27. The largest absolute Gasteiger partial charge is 0.508 e. The van der Waals surface area contributed by atoms with Crippen LogP contribution < -0.4 is 20.9 Å². The molecule has 92 valence electrons. The van der Waals surface area contributed by atoms with Gasteiger partial charge >= 0.3 is 0 Å². The molecule has 0 heterocycles. The van der Waals surface area contributed by atoms with E-state index in [1.165, 1.54) is 26.4 Å². The molecule has 5 N–H and O–H groups in total. The Balaban J connectivity index is 0.00000225. The fourth-order valence-electron chi connectivity index (χ4n) is 1.41. The Bertz CT molecular complexity index is 322. The van der Waals surface area contributed by atoms with Crippen molar-refractivity contribution in [3.8, 4) is 17.2 Å². The van der Waals surface area contributed by atoms with Gasteiger partial charge in [-0.05, 0) is 0 Å². The minimum absolute atomic E-state index is 0. The molecule has 0 aromatic heterocycles. The number of hydrogen-bond donors (Lipinski definition) is 3. The van der Waals surface area contributed by atoms with E-state index in [0.717, 1.165) is 0 Å². The van der Waals surface area contributed by atoms with Gasteiger partial charge in [-0.25, -0.2) is 0 Å². The zero-order valence-corrected chi connectivity index (χ0v) is 10.1. The third kappa shape index (κ3) is 2.91. The van der Waals surface area contributed by atoms with E-state index in [0.29, 0.717) is 17.1 Å². The van der Waals surface area contributed by atoms with Crippen molar-refractivity contribution in [2.75, 3.05) is 20.8 Å². The van der Waals surface area contributed by atoms with Gasteiger partial charge < -0.3 is 26.0 Å². The number of halogens is 1. The van der Waals surface area contributed by atoms with E-state index in [1.807, 2.05) is 0 Å². The van der Waals surface area contributed by atoms with E-state index in [1.54, 1.807) is 0 Å². The first-order valence-corrected chi connectivity index (χ1v) is 4.54. The second kappa shape index (κ2) is 6.42. The maximum atomic E-state index is 9.40. The minimum Gasteiger partial charge on any atom is -0.508 e. The molecular weight excluding hydrogens is 232 g/mol. The van der Waals surface area contributed by atoms with Gasteiger partial charge in [0.2, 0.25) is 0 Å². The van der Waals surface area contributed by atoms with Crippen LogP contribution in [0.4, 0.5) is 0 Å². The lowest BCUT2D eigenvalue weighted by Crippen LogP contribution is -2.22. The predicted molar refractivity (Wildman–Crippen MR) is 64.4 cm³/mol. The van der Waals surface area contributed by atoms with Crippen molar-refractivity contribution in [3.05, 3.63) is 17.7 Å². The Labute approximate surface area is 101 Å². The van der Waals surface area contributed by atoms with Crippen LogP contribution in [0.25, 0.3) is 0 Å². The topological polar surface area (TPSA) is 90.7 Å². The molecule has 0 fully saturated rings. The van der Waals surface area contributed by atoms with E-state index in [2.05, 4.69) is 0 Å². The van der Waals surface area contributed by atoms with E-state index in [9.17, 15) is 5.11 Å². The van der Waals surface area contributed by atoms with E-state index in [4.69, 9.17) is 20.9 Å². The molecule has 0 amide bonds. The normalized spacial score (nSPS) is 11.5. The SMILES string of the molecule is COc1cc(O)cc(OC)c1[C@H](N)CN.Cl. The van der Waals surface area contributed by atoms with Gasteiger partial charge in [0.1, 0.15) is 17.2 Å². The molecule has 1 aromatic carbocycles. The number of aromatic hydroxyl groups is 1. The standard InChI is InChI=1S/C10H16N2O3.ClH/c1-14-8-3-6(13)4-9(15-2)10(8)7(12)5-11;/h3-4,7,13H,5,11-12H2,1-2H3;1H/t7-;/m1./s1. The van der Waals surface area contributed by atoms with Crippen LogP contribution in [0.1, 0.15) is 11.6 Å². The summed E-state index contributed by atoms with van der Waals surface area (Å²) in [6.45, 7) is 0.275. The number of phenolic OH excluding ortho intramolecular Hbond substituents is 1. The lowest BCUT2D eigenvalue weighted by atomic mass is 10.0. The number of phenols is 1. The Kier molecular flexibility index (Phi) is 5.95. The van der Waals surface area contributed by atoms with Gasteiger partial charge in [0.15, 0.2) is 0 Å². The molecule has 0 aliphatic heterocycles. The highest BCUT2D eigenvalue weighted by molar-refractivity contribution is 5.85. The zero-order chi connectivity index (χ0) is 11.4. The fourth-order valence-corrected chi connectivity index (χ4v) is 1.41. The lowest BCUT2D eigenvalue weighted by molar-refractivity contribution is 0.371. The van der Waals surface area contributed by atoms with Gasteiger partial charge in [0.25, 0.3) is 0 Å². The molecule has 1 atom stereocenters. The molecule has 16 heavy (non-hydrogen) atoms. The molecular formula is C10H17ClN2O3. The molecule has 0 saturated carbocycles. The summed E-state index contributed by atoms with van der Waals surface area (Å²) in [6.07, 6.45) is 0. The van der Waals surface area contributed by atoms with Crippen molar-refractivity contribution in [3.63, 3.8) is 0 Å². The van der Waals surface area contributed by atoms with Crippen LogP contribution in [0.15, 0.2) is 12.1 Å². The number of methoxy groups -OCH3 is 2.